The molecule has 2 unspecified atom stereocenters. The van der Waals surface area contributed by atoms with Crippen LogP contribution in [0.1, 0.15) is 30.7 Å². The largest absolute Gasteiger partial charge is 0.348 e. The highest BCUT2D eigenvalue weighted by molar-refractivity contribution is 7.10. The molecular formula is C14H24ClN3OS. The number of carbonyl (C=O) groups is 1. The lowest BCUT2D eigenvalue weighted by Crippen LogP contribution is -2.43. The summed E-state index contributed by atoms with van der Waals surface area (Å²) < 4.78 is 0. The van der Waals surface area contributed by atoms with E-state index >= 15 is 0 Å². The molecule has 6 heteroatoms. The predicted molar refractivity (Wildman–Crippen MR) is 86.6 cm³/mol. The lowest BCUT2D eigenvalue weighted by molar-refractivity contribution is -0.123. The first kappa shape index (κ1) is 17.4. The van der Waals surface area contributed by atoms with Crippen LogP contribution >= 0.6 is 23.7 Å². The molecule has 1 amide bonds. The van der Waals surface area contributed by atoms with E-state index < -0.39 is 0 Å². The summed E-state index contributed by atoms with van der Waals surface area (Å²) in [5, 5.41) is 8.33. The minimum absolute atomic E-state index is 0. The Morgan fingerprint density at radius 1 is 1.60 bits per heavy atom. The van der Waals surface area contributed by atoms with Gasteiger partial charge in [-0.1, -0.05) is 6.07 Å². The van der Waals surface area contributed by atoms with Crippen LogP contribution in [0.3, 0.4) is 0 Å². The van der Waals surface area contributed by atoms with E-state index in [9.17, 15) is 4.79 Å². The van der Waals surface area contributed by atoms with Crippen molar-refractivity contribution in [3.05, 3.63) is 22.4 Å². The zero-order valence-corrected chi connectivity index (χ0v) is 13.7. The predicted octanol–water partition coefficient (Wildman–Crippen LogP) is 2.03. The normalized spacial score (nSPS) is 20.4. The molecule has 1 aliphatic rings. The highest BCUT2D eigenvalue weighted by atomic mass is 35.5. The third-order valence-corrected chi connectivity index (χ3v) is 4.69. The molecule has 20 heavy (non-hydrogen) atoms. The summed E-state index contributed by atoms with van der Waals surface area (Å²) in [5.41, 5.74) is 0. The van der Waals surface area contributed by atoms with Crippen LogP contribution in [0.4, 0.5) is 0 Å². The van der Waals surface area contributed by atoms with Crippen LogP contribution in [-0.4, -0.2) is 43.5 Å². The van der Waals surface area contributed by atoms with Gasteiger partial charge in [-0.15, -0.1) is 23.7 Å². The van der Waals surface area contributed by atoms with Crippen molar-refractivity contribution in [2.24, 2.45) is 0 Å². The van der Waals surface area contributed by atoms with Crippen LogP contribution in [0.15, 0.2) is 17.5 Å². The number of carbonyl (C=O) groups excluding carboxylic acids is 1. The fourth-order valence-corrected chi connectivity index (χ4v) is 3.38. The molecule has 2 atom stereocenters. The monoisotopic (exact) mass is 317 g/mol. The fraction of sp³-hybridized carbons (Fsp3) is 0.643. The van der Waals surface area contributed by atoms with E-state index in [0.717, 1.165) is 13.1 Å². The Morgan fingerprint density at radius 2 is 2.40 bits per heavy atom. The van der Waals surface area contributed by atoms with Gasteiger partial charge < -0.3 is 10.6 Å². The van der Waals surface area contributed by atoms with Gasteiger partial charge in [-0.3, -0.25) is 9.69 Å². The van der Waals surface area contributed by atoms with E-state index in [4.69, 9.17) is 0 Å². The Bertz CT molecular complexity index is 399. The Morgan fingerprint density at radius 3 is 3.05 bits per heavy atom. The van der Waals surface area contributed by atoms with Gasteiger partial charge >= 0.3 is 0 Å². The summed E-state index contributed by atoms with van der Waals surface area (Å²) in [6.45, 7) is 4.56. The number of nitrogens with one attached hydrogen (secondary N) is 2. The number of likely N-dealkylation sites (tertiary alicyclic amines) is 1. The second kappa shape index (κ2) is 8.62. The number of thiophene rings is 1. The van der Waals surface area contributed by atoms with E-state index in [1.807, 2.05) is 25.4 Å². The van der Waals surface area contributed by atoms with Crippen molar-refractivity contribution in [2.75, 3.05) is 26.7 Å². The molecule has 114 valence electrons. The summed E-state index contributed by atoms with van der Waals surface area (Å²) in [4.78, 5) is 15.6. The van der Waals surface area contributed by atoms with Gasteiger partial charge in [-0.2, -0.15) is 0 Å². The number of rotatable bonds is 6. The first-order chi connectivity index (χ1) is 9.20. The Labute approximate surface area is 131 Å². The number of likely N-dealkylation sites (N-methyl/N-ethyl adjacent to an activating group) is 1. The second-order valence-electron chi connectivity index (χ2n) is 5.13. The maximum atomic E-state index is 12.1. The van der Waals surface area contributed by atoms with Crippen LogP contribution in [0, 0.1) is 0 Å². The molecule has 1 aromatic rings. The molecule has 0 aliphatic carbocycles. The molecule has 1 aliphatic heterocycles. The van der Waals surface area contributed by atoms with Crippen molar-refractivity contribution in [1.82, 2.24) is 15.5 Å². The van der Waals surface area contributed by atoms with Crippen molar-refractivity contribution in [1.29, 1.82) is 0 Å². The molecular weight excluding hydrogens is 294 g/mol. The number of hydrogen-bond acceptors (Lipinski definition) is 4. The van der Waals surface area contributed by atoms with E-state index in [1.54, 1.807) is 11.3 Å². The van der Waals surface area contributed by atoms with Crippen LogP contribution < -0.4 is 10.6 Å². The van der Waals surface area contributed by atoms with E-state index in [1.165, 1.54) is 17.7 Å². The first-order valence-corrected chi connectivity index (χ1v) is 7.80. The fourth-order valence-electron chi connectivity index (χ4n) is 2.65. The topological polar surface area (TPSA) is 44.4 Å². The molecule has 1 aromatic heterocycles. The van der Waals surface area contributed by atoms with Gasteiger partial charge in [-0.25, -0.2) is 0 Å². The minimum atomic E-state index is 0. The van der Waals surface area contributed by atoms with Gasteiger partial charge in [0.2, 0.25) is 5.91 Å². The molecule has 2 N–H and O–H groups in total. The van der Waals surface area contributed by atoms with E-state index in [2.05, 4.69) is 21.6 Å². The summed E-state index contributed by atoms with van der Waals surface area (Å²) in [7, 11) is 1.97. The van der Waals surface area contributed by atoms with Crippen LogP contribution in [0.5, 0.6) is 0 Å². The van der Waals surface area contributed by atoms with Gasteiger partial charge in [-0.05, 0) is 44.8 Å². The van der Waals surface area contributed by atoms with Crippen molar-refractivity contribution in [3.8, 4) is 0 Å². The Kier molecular flexibility index (Phi) is 7.51. The third-order valence-electron chi connectivity index (χ3n) is 3.63. The maximum Gasteiger partial charge on any atom is 0.234 e. The van der Waals surface area contributed by atoms with Crippen molar-refractivity contribution in [3.63, 3.8) is 0 Å². The Balaban J connectivity index is 0.00000200. The lowest BCUT2D eigenvalue weighted by Gasteiger charge is -2.24. The van der Waals surface area contributed by atoms with Gasteiger partial charge in [0.25, 0.3) is 0 Å². The summed E-state index contributed by atoms with van der Waals surface area (Å²) in [6.07, 6.45) is 2.38. The molecule has 0 spiro atoms. The quantitative estimate of drug-likeness (QED) is 0.844. The molecule has 0 bridgehead atoms. The number of nitrogens with zero attached hydrogens (tertiary/aromatic N) is 1. The molecule has 4 nitrogen and oxygen atoms in total. The lowest BCUT2D eigenvalue weighted by atomic mass is 10.2. The smallest absolute Gasteiger partial charge is 0.234 e. The molecule has 0 saturated carbocycles. The average molecular weight is 318 g/mol. The van der Waals surface area contributed by atoms with Crippen LogP contribution in [0.25, 0.3) is 0 Å². The SMILES string of the molecule is CNCC1CCCN1CC(=O)NC(C)c1cccs1.Cl. The molecule has 1 fully saturated rings. The zero-order valence-electron chi connectivity index (χ0n) is 12.1. The second-order valence-corrected chi connectivity index (χ2v) is 6.11. The van der Waals surface area contributed by atoms with Crippen LogP contribution in [0.2, 0.25) is 0 Å². The van der Waals surface area contributed by atoms with Gasteiger partial charge in [0.05, 0.1) is 12.6 Å². The van der Waals surface area contributed by atoms with Crippen LogP contribution in [-0.2, 0) is 4.79 Å². The standard InChI is InChI=1S/C14H23N3OS.ClH/c1-11(13-6-4-8-19-13)16-14(18)10-17-7-3-5-12(17)9-15-2;/h4,6,8,11-12,15H,3,5,7,9-10H2,1-2H3,(H,16,18);1H. The number of halogens is 1. The Hall–Kier alpha value is -0.620. The van der Waals surface area contributed by atoms with Crippen molar-refractivity contribution >= 4 is 29.7 Å². The molecule has 2 heterocycles. The zero-order chi connectivity index (χ0) is 13.7. The van der Waals surface area contributed by atoms with Gasteiger partial charge in [0.1, 0.15) is 0 Å². The maximum absolute atomic E-state index is 12.1. The van der Waals surface area contributed by atoms with E-state index in [-0.39, 0.29) is 24.4 Å². The highest BCUT2D eigenvalue weighted by Crippen LogP contribution is 2.19. The molecule has 1 saturated heterocycles. The molecule has 0 aromatic carbocycles. The van der Waals surface area contributed by atoms with E-state index in [0.29, 0.717) is 12.6 Å². The highest BCUT2D eigenvalue weighted by Gasteiger charge is 2.25. The average Bonchev–Trinajstić information content (AvgIpc) is 3.01. The van der Waals surface area contributed by atoms with Gasteiger partial charge in [0.15, 0.2) is 0 Å². The summed E-state index contributed by atoms with van der Waals surface area (Å²) >= 11 is 1.69. The summed E-state index contributed by atoms with van der Waals surface area (Å²) in [5.74, 6) is 0.129. The number of amides is 1. The molecule has 2 rings (SSSR count). The van der Waals surface area contributed by atoms with Gasteiger partial charge in [0, 0.05) is 17.5 Å². The molecule has 0 radical (unpaired) electrons. The first-order valence-electron chi connectivity index (χ1n) is 6.92. The number of hydrogen-bond donors (Lipinski definition) is 2. The third kappa shape index (κ3) is 4.74. The van der Waals surface area contributed by atoms with Crippen molar-refractivity contribution < 1.29 is 4.79 Å². The minimum Gasteiger partial charge on any atom is -0.348 e. The summed E-state index contributed by atoms with van der Waals surface area (Å²) in [6, 6.07) is 4.70. The van der Waals surface area contributed by atoms with Crippen molar-refractivity contribution in [2.45, 2.75) is 31.8 Å².